The first kappa shape index (κ1) is 14.7. The minimum atomic E-state index is -0.622. The van der Waals surface area contributed by atoms with E-state index in [0.717, 1.165) is 11.6 Å². The average molecular weight is 341 g/mol. The zero-order valence-electron chi connectivity index (χ0n) is 10.8. The molecular weight excluding hydrogens is 330 g/mol. The monoisotopic (exact) mass is 340 g/mol. The van der Waals surface area contributed by atoms with Crippen molar-refractivity contribution >= 4 is 21.7 Å². The number of carbonyl (C=O) groups is 1. The van der Waals surface area contributed by atoms with Gasteiger partial charge in [-0.15, -0.1) is 0 Å². The second-order valence-corrected chi connectivity index (χ2v) is 5.13. The normalized spacial score (nSPS) is 10.4. The lowest BCUT2D eigenvalue weighted by Gasteiger charge is -2.10. The zero-order chi connectivity index (χ0) is 14.9. The van der Waals surface area contributed by atoms with Gasteiger partial charge in [-0.3, -0.25) is 4.79 Å². The minimum absolute atomic E-state index is 0.0663. The molecule has 0 aliphatic rings. The molecule has 0 amide bonds. The van der Waals surface area contributed by atoms with E-state index in [0.29, 0.717) is 0 Å². The van der Waals surface area contributed by atoms with E-state index in [-0.39, 0.29) is 21.3 Å². The summed E-state index contributed by atoms with van der Waals surface area (Å²) in [5.74, 6) is -1.66. The van der Waals surface area contributed by atoms with Crippen LogP contribution in [-0.4, -0.2) is 12.9 Å². The van der Waals surface area contributed by atoms with Crippen molar-refractivity contribution < 1.29 is 18.3 Å². The Morgan fingerprint density at radius 3 is 2.45 bits per heavy atom. The van der Waals surface area contributed by atoms with Gasteiger partial charge in [-0.2, -0.15) is 0 Å². The highest BCUT2D eigenvalue weighted by molar-refractivity contribution is 9.10. The molecule has 0 aliphatic carbocycles. The molecule has 2 rings (SSSR count). The van der Waals surface area contributed by atoms with Gasteiger partial charge < -0.3 is 4.74 Å². The van der Waals surface area contributed by atoms with Crippen molar-refractivity contribution in [1.82, 2.24) is 0 Å². The van der Waals surface area contributed by atoms with Crippen LogP contribution in [-0.2, 0) is 0 Å². The quantitative estimate of drug-likeness (QED) is 0.779. The molecule has 0 fully saturated rings. The largest absolute Gasteiger partial charge is 0.496 e. The highest BCUT2D eigenvalue weighted by Gasteiger charge is 2.20. The van der Waals surface area contributed by atoms with Crippen LogP contribution in [0.2, 0.25) is 0 Å². The number of halogens is 3. The van der Waals surface area contributed by atoms with Crippen molar-refractivity contribution in [3.05, 3.63) is 63.1 Å². The van der Waals surface area contributed by atoms with E-state index in [1.54, 1.807) is 13.0 Å². The van der Waals surface area contributed by atoms with Crippen LogP contribution in [0.3, 0.4) is 0 Å². The predicted octanol–water partition coefficient (Wildman–Crippen LogP) is 4.28. The lowest BCUT2D eigenvalue weighted by Crippen LogP contribution is -2.07. The molecule has 0 bridgehead atoms. The van der Waals surface area contributed by atoms with Crippen molar-refractivity contribution in [1.29, 1.82) is 0 Å². The summed E-state index contributed by atoms with van der Waals surface area (Å²) in [5, 5.41) is 0. The maximum absolute atomic E-state index is 13.8. The predicted molar refractivity (Wildman–Crippen MR) is 75.2 cm³/mol. The molecule has 0 unspecified atom stereocenters. The maximum atomic E-state index is 13.8. The highest BCUT2D eigenvalue weighted by Crippen LogP contribution is 2.29. The van der Waals surface area contributed by atoms with E-state index in [2.05, 4.69) is 15.9 Å². The SMILES string of the molecule is COc1cc(F)c(Br)cc1C(=O)c1cc(C)ccc1F. The summed E-state index contributed by atoms with van der Waals surface area (Å²) in [5.41, 5.74) is 0.793. The zero-order valence-corrected chi connectivity index (χ0v) is 12.4. The van der Waals surface area contributed by atoms with Gasteiger partial charge in [0.25, 0.3) is 0 Å². The first-order valence-corrected chi connectivity index (χ1v) is 6.57. The number of methoxy groups -OCH3 is 1. The van der Waals surface area contributed by atoms with Crippen molar-refractivity contribution in [3.63, 3.8) is 0 Å². The minimum Gasteiger partial charge on any atom is -0.496 e. The molecule has 0 radical (unpaired) electrons. The average Bonchev–Trinajstić information content (AvgIpc) is 2.43. The molecule has 0 atom stereocenters. The third-order valence-corrected chi connectivity index (χ3v) is 3.46. The fourth-order valence-corrected chi connectivity index (χ4v) is 2.18. The number of ether oxygens (including phenoxy) is 1. The second-order valence-electron chi connectivity index (χ2n) is 4.28. The Balaban J connectivity index is 2.58. The van der Waals surface area contributed by atoms with Crippen LogP contribution in [0.1, 0.15) is 21.5 Å². The molecule has 0 spiro atoms. The summed E-state index contributed by atoms with van der Waals surface area (Å²) < 4.78 is 32.3. The van der Waals surface area contributed by atoms with Crippen LogP contribution >= 0.6 is 15.9 Å². The first-order chi connectivity index (χ1) is 9.43. The van der Waals surface area contributed by atoms with Crippen LogP contribution in [0.4, 0.5) is 8.78 Å². The molecule has 2 nitrogen and oxygen atoms in total. The van der Waals surface area contributed by atoms with E-state index in [1.807, 2.05) is 0 Å². The Kier molecular flexibility index (Phi) is 4.18. The molecule has 0 saturated heterocycles. The van der Waals surface area contributed by atoms with Gasteiger partial charge >= 0.3 is 0 Å². The number of carbonyl (C=O) groups excluding carboxylic acids is 1. The molecule has 0 aromatic heterocycles. The Bertz CT molecular complexity index is 684. The number of ketones is 1. The third-order valence-electron chi connectivity index (χ3n) is 2.85. The van der Waals surface area contributed by atoms with Crippen LogP contribution in [0.15, 0.2) is 34.8 Å². The lowest BCUT2D eigenvalue weighted by atomic mass is 10.00. The van der Waals surface area contributed by atoms with Gasteiger partial charge in [-0.05, 0) is 41.1 Å². The summed E-state index contributed by atoms with van der Waals surface area (Å²) in [6.07, 6.45) is 0. The van der Waals surface area contributed by atoms with E-state index in [4.69, 9.17) is 4.74 Å². The number of aryl methyl sites for hydroxylation is 1. The third kappa shape index (κ3) is 2.72. The van der Waals surface area contributed by atoms with E-state index < -0.39 is 17.4 Å². The highest BCUT2D eigenvalue weighted by atomic mass is 79.9. The van der Waals surface area contributed by atoms with Gasteiger partial charge in [-0.1, -0.05) is 11.6 Å². The van der Waals surface area contributed by atoms with Crippen LogP contribution in [0.25, 0.3) is 0 Å². The van der Waals surface area contributed by atoms with Gasteiger partial charge in [0.05, 0.1) is 22.7 Å². The molecule has 0 N–H and O–H groups in total. The molecule has 0 aliphatic heterocycles. The first-order valence-electron chi connectivity index (χ1n) is 5.78. The van der Waals surface area contributed by atoms with Crippen molar-refractivity contribution in [3.8, 4) is 5.75 Å². The van der Waals surface area contributed by atoms with E-state index >= 15 is 0 Å². The molecule has 20 heavy (non-hydrogen) atoms. The van der Waals surface area contributed by atoms with E-state index in [9.17, 15) is 13.6 Å². The summed E-state index contributed by atoms with van der Waals surface area (Å²) in [6, 6.07) is 6.63. The van der Waals surface area contributed by atoms with Gasteiger partial charge in [-0.25, -0.2) is 8.78 Å². The van der Waals surface area contributed by atoms with Gasteiger partial charge in [0.1, 0.15) is 17.4 Å². The standard InChI is InChI=1S/C15H11BrF2O2/c1-8-3-4-12(17)9(5-8)15(19)10-6-11(16)13(18)7-14(10)20-2/h3-7H,1-2H3. The van der Waals surface area contributed by atoms with Gasteiger partial charge in [0.15, 0.2) is 5.78 Å². The van der Waals surface area contributed by atoms with Crippen LogP contribution < -0.4 is 4.74 Å². The van der Waals surface area contributed by atoms with Gasteiger partial charge in [0.2, 0.25) is 0 Å². The number of rotatable bonds is 3. The van der Waals surface area contributed by atoms with Gasteiger partial charge in [0, 0.05) is 6.07 Å². The fourth-order valence-electron chi connectivity index (χ4n) is 1.83. The van der Waals surface area contributed by atoms with Crippen molar-refractivity contribution in [2.75, 3.05) is 7.11 Å². The molecule has 2 aromatic rings. The number of hydrogen-bond donors (Lipinski definition) is 0. The molecule has 0 heterocycles. The molecule has 104 valence electrons. The molecule has 0 saturated carbocycles. The van der Waals surface area contributed by atoms with Crippen molar-refractivity contribution in [2.24, 2.45) is 0 Å². The second kappa shape index (κ2) is 5.71. The molecular formula is C15H11BrF2O2. The molecule has 2 aromatic carbocycles. The Morgan fingerprint density at radius 2 is 1.80 bits per heavy atom. The Hall–Kier alpha value is -1.75. The number of benzene rings is 2. The smallest absolute Gasteiger partial charge is 0.199 e. The summed E-state index contributed by atoms with van der Waals surface area (Å²) in [7, 11) is 1.33. The van der Waals surface area contributed by atoms with Crippen molar-refractivity contribution in [2.45, 2.75) is 6.92 Å². The van der Waals surface area contributed by atoms with Crippen LogP contribution in [0, 0.1) is 18.6 Å². The topological polar surface area (TPSA) is 26.3 Å². The fraction of sp³-hybridized carbons (Fsp3) is 0.133. The summed E-state index contributed by atoms with van der Waals surface area (Å²) >= 11 is 3.01. The summed E-state index contributed by atoms with van der Waals surface area (Å²) in [6.45, 7) is 1.76. The summed E-state index contributed by atoms with van der Waals surface area (Å²) in [4.78, 5) is 12.4. The molecule has 5 heteroatoms. The van der Waals surface area contributed by atoms with Crippen LogP contribution in [0.5, 0.6) is 5.75 Å². The Morgan fingerprint density at radius 1 is 1.10 bits per heavy atom. The Labute approximate surface area is 123 Å². The maximum Gasteiger partial charge on any atom is 0.199 e. The lowest BCUT2D eigenvalue weighted by molar-refractivity contribution is 0.103. The number of hydrogen-bond acceptors (Lipinski definition) is 2. The van der Waals surface area contributed by atoms with E-state index in [1.165, 1.54) is 25.3 Å².